The highest BCUT2D eigenvalue weighted by atomic mass is 19.1. The summed E-state index contributed by atoms with van der Waals surface area (Å²) >= 11 is 0. The quantitative estimate of drug-likeness (QED) is 0.721. The van der Waals surface area contributed by atoms with Gasteiger partial charge in [0.25, 0.3) is 0 Å². The molecule has 0 bridgehead atoms. The molecule has 1 heterocycles. The number of hydrogen-bond donors (Lipinski definition) is 1. The van der Waals surface area contributed by atoms with Crippen LogP contribution >= 0.6 is 0 Å². The van der Waals surface area contributed by atoms with Crippen molar-refractivity contribution in [1.82, 2.24) is 4.90 Å². The molecule has 0 spiro atoms. The third-order valence-corrected chi connectivity index (χ3v) is 2.59. The van der Waals surface area contributed by atoms with Crippen molar-refractivity contribution in [2.24, 2.45) is 0 Å². The van der Waals surface area contributed by atoms with Gasteiger partial charge in [-0.2, -0.15) is 0 Å². The van der Waals surface area contributed by atoms with Gasteiger partial charge in [-0.25, -0.2) is 4.79 Å². The first-order chi connectivity index (χ1) is 7.22. The molecule has 0 radical (unpaired) electrons. The molecule has 1 N–H and O–H groups in total. The molecular weight excluding hydrogens is 201 g/mol. The lowest BCUT2D eigenvalue weighted by Gasteiger charge is -2.31. The zero-order valence-electron chi connectivity index (χ0n) is 8.82. The van der Waals surface area contributed by atoms with E-state index >= 15 is 0 Å². The minimum atomic E-state index is -0.921. The second kappa shape index (κ2) is 6.74. The highest BCUT2D eigenvalue weighted by Crippen LogP contribution is 2.13. The fourth-order valence-corrected chi connectivity index (χ4v) is 1.77. The Kier molecular flexibility index (Phi) is 5.57. The summed E-state index contributed by atoms with van der Waals surface area (Å²) in [4.78, 5) is 12.5. The smallest absolute Gasteiger partial charge is 0.329 e. The summed E-state index contributed by atoms with van der Waals surface area (Å²) in [5.41, 5.74) is 0. The van der Waals surface area contributed by atoms with E-state index in [1.165, 1.54) is 0 Å². The van der Waals surface area contributed by atoms with Crippen molar-refractivity contribution in [2.75, 3.05) is 32.9 Å². The van der Waals surface area contributed by atoms with Gasteiger partial charge in [0.15, 0.2) is 0 Å². The minimum absolute atomic E-state index is 0.0581. The SMILES string of the molecule is O=C(O)COC1CCN(CCCF)CC1. The highest BCUT2D eigenvalue weighted by Gasteiger charge is 2.19. The van der Waals surface area contributed by atoms with E-state index in [1.54, 1.807) is 0 Å². The number of halogens is 1. The maximum absolute atomic E-state index is 11.9. The lowest BCUT2D eigenvalue weighted by atomic mass is 10.1. The van der Waals surface area contributed by atoms with Gasteiger partial charge in [0.1, 0.15) is 6.61 Å². The predicted octanol–water partition coefficient (Wildman–Crippen LogP) is 0.912. The summed E-state index contributed by atoms with van der Waals surface area (Å²) in [7, 11) is 0. The van der Waals surface area contributed by atoms with Gasteiger partial charge >= 0.3 is 5.97 Å². The lowest BCUT2D eigenvalue weighted by molar-refractivity contribution is -0.145. The summed E-state index contributed by atoms with van der Waals surface area (Å²) in [5.74, 6) is -0.921. The molecule has 0 aromatic heterocycles. The normalized spacial score (nSPS) is 19.3. The Bertz CT molecular complexity index is 193. The van der Waals surface area contributed by atoms with Gasteiger partial charge in [0.05, 0.1) is 12.8 Å². The molecule has 0 aromatic carbocycles. The van der Waals surface area contributed by atoms with E-state index in [1.807, 2.05) is 0 Å². The average molecular weight is 219 g/mol. The van der Waals surface area contributed by atoms with Gasteiger partial charge in [0.2, 0.25) is 0 Å². The molecule has 88 valence electrons. The molecule has 1 saturated heterocycles. The number of likely N-dealkylation sites (tertiary alicyclic amines) is 1. The number of carboxylic acid groups (broad SMARTS) is 1. The van der Waals surface area contributed by atoms with Crippen molar-refractivity contribution in [3.05, 3.63) is 0 Å². The number of piperidine rings is 1. The van der Waals surface area contributed by atoms with E-state index in [4.69, 9.17) is 9.84 Å². The monoisotopic (exact) mass is 219 g/mol. The molecule has 4 nitrogen and oxygen atoms in total. The number of nitrogens with zero attached hydrogens (tertiary/aromatic N) is 1. The van der Waals surface area contributed by atoms with Crippen LogP contribution in [0.2, 0.25) is 0 Å². The molecule has 1 rings (SSSR count). The molecule has 0 saturated carbocycles. The summed E-state index contributed by atoms with van der Waals surface area (Å²) in [6.07, 6.45) is 2.34. The largest absolute Gasteiger partial charge is 0.480 e. The summed E-state index contributed by atoms with van der Waals surface area (Å²) < 4.78 is 17.1. The fraction of sp³-hybridized carbons (Fsp3) is 0.900. The lowest BCUT2D eigenvalue weighted by Crippen LogP contribution is -2.38. The first-order valence-electron chi connectivity index (χ1n) is 5.34. The van der Waals surface area contributed by atoms with E-state index in [2.05, 4.69) is 4.90 Å². The number of carboxylic acids is 1. The molecule has 5 heteroatoms. The summed E-state index contributed by atoms with van der Waals surface area (Å²) in [5, 5.41) is 8.44. The second-order valence-corrected chi connectivity index (χ2v) is 3.79. The number of rotatable bonds is 6. The first-order valence-corrected chi connectivity index (χ1v) is 5.34. The minimum Gasteiger partial charge on any atom is -0.480 e. The molecular formula is C10H18FNO3. The summed E-state index contributed by atoms with van der Waals surface area (Å²) in [6.45, 7) is 2.07. The molecule has 1 aliphatic heterocycles. The predicted molar refractivity (Wildman–Crippen MR) is 53.6 cm³/mol. The standard InChI is InChI=1S/C10H18FNO3/c11-4-1-5-12-6-2-9(3-7-12)15-8-10(13)14/h9H,1-8H2,(H,13,14). The van der Waals surface area contributed by atoms with Gasteiger partial charge in [-0.15, -0.1) is 0 Å². The zero-order chi connectivity index (χ0) is 11.1. The van der Waals surface area contributed by atoms with Crippen LogP contribution in [0.5, 0.6) is 0 Å². The second-order valence-electron chi connectivity index (χ2n) is 3.79. The van der Waals surface area contributed by atoms with Crippen molar-refractivity contribution in [3.8, 4) is 0 Å². The zero-order valence-corrected chi connectivity index (χ0v) is 8.82. The van der Waals surface area contributed by atoms with Gasteiger partial charge in [0, 0.05) is 19.6 Å². The molecule has 1 aliphatic rings. The number of carbonyl (C=O) groups is 1. The third-order valence-electron chi connectivity index (χ3n) is 2.59. The maximum Gasteiger partial charge on any atom is 0.329 e. The van der Waals surface area contributed by atoms with Gasteiger partial charge in [-0.05, 0) is 19.3 Å². The third kappa shape index (κ3) is 5.09. The van der Waals surface area contributed by atoms with E-state index in [0.29, 0.717) is 6.42 Å². The topological polar surface area (TPSA) is 49.8 Å². The van der Waals surface area contributed by atoms with Crippen molar-refractivity contribution in [1.29, 1.82) is 0 Å². The fourth-order valence-electron chi connectivity index (χ4n) is 1.77. The maximum atomic E-state index is 11.9. The van der Waals surface area contributed by atoms with Gasteiger partial charge < -0.3 is 14.7 Å². The van der Waals surface area contributed by atoms with Crippen LogP contribution in [0.15, 0.2) is 0 Å². The van der Waals surface area contributed by atoms with Crippen LogP contribution in [0.25, 0.3) is 0 Å². The van der Waals surface area contributed by atoms with Crippen LogP contribution < -0.4 is 0 Å². The number of ether oxygens (including phenoxy) is 1. The molecule has 0 aliphatic carbocycles. The Morgan fingerprint density at radius 1 is 1.47 bits per heavy atom. The Hall–Kier alpha value is -0.680. The molecule has 0 unspecified atom stereocenters. The molecule has 0 aromatic rings. The van der Waals surface area contributed by atoms with Crippen LogP contribution in [0.1, 0.15) is 19.3 Å². The molecule has 0 amide bonds. The Morgan fingerprint density at radius 3 is 2.67 bits per heavy atom. The van der Waals surface area contributed by atoms with Gasteiger partial charge in [-0.3, -0.25) is 4.39 Å². The van der Waals surface area contributed by atoms with Crippen LogP contribution in [0, 0.1) is 0 Å². The number of alkyl halides is 1. The Balaban J connectivity index is 2.09. The summed E-state index contributed by atoms with van der Waals surface area (Å²) in [6, 6.07) is 0. The van der Waals surface area contributed by atoms with Gasteiger partial charge in [-0.1, -0.05) is 0 Å². The van der Waals surface area contributed by atoms with Crippen LogP contribution in [0.3, 0.4) is 0 Å². The van der Waals surface area contributed by atoms with Crippen molar-refractivity contribution >= 4 is 5.97 Å². The van der Waals surface area contributed by atoms with E-state index < -0.39 is 5.97 Å². The Labute approximate surface area is 89.0 Å². The van der Waals surface area contributed by atoms with Crippen LogP contribution in [-0.2, 0) is 9.53 Å². The highest BCUT2D eigenvalue weighted by molar-refractivity contribution is 5.68. The first kappa shape index (κ1) is 12.4. The number of aliphatic carboxylic acids is 1. The molecule has 0 atom stereocenters. The molecule has 15 heavy (non-hydrogen) atoms. The average Bonchev–Trinajstić information content (AvgIpc) is 2.25. The van der Waals surface area contributed by atoms with E-state index in [-0.39, 0.29) is 19.4 Å². The van der Waals surface area contributed by atoms with Crippen LogP contribution in [0.4, 0.5) is 4.39 Å². The van der Waals surface area contributed by atoms with Crippen molar-refractivity contribution < 1.29 is 19.0 Å². The van der Waals surface area contributed by atoms with Crippen molar-refractivity contribution in [2.45, 2.75) is 25.4 Å². The Morgan fingerprint density at radius 2 is 2.13 bits per heavy atom. The van der Waals surface area contributed by atoms with Crippen molar-refractivity contribution in [3.63, 3.8) is 0 Å². The number of hydrogen-bond acceptors (Lipinski definition) is 3. The van der Waals surface area contributed by atoms with Crippen LogP contribution in [-0.4, -0.2) is 55.0 Å². The molecule has 1 fully saturated rings. The van der Waals surface area contributed by atoms with E-state index in [0.717, 1.165) is 32.5 Å². The van der Waals surface area contributed by atoms with E-state index in [9.17, 15) is 9.18 Å².